The smallest absolute Gasteiger partial charge is 0.234 e. The van der Waals surface area contributed by atoms with Crippen LogP contribution in [0.3, 0.4) is 0 Å². The molecule has 0 unspecified atom stereocenters. The number of carbonyl (C=O) groups excluding carboxylic acids is 1. The number of ether oxygens (including phenoxy) is 1. The maximum Gasteiger partial charge on any atom is 0.234 e. The lowest BCUT2D eigenvalue weighted by atomic mass is 10.2. The second kappa shape index (κ2) is 9.36. The lowest BCUT2D eigenvalue weighted by molar-refractivity contribution is -0.113. The normalized spacial score (nSPS) is 10.6. The molecule has 4 rings (SSSR count). The number of phenols is 1. The number of hydrogen-bond donors (Lipinski definition) is 2. The van der Waals surface area contributed by atoms with Gasteiger partial charge < -0.3 is 15.2 Å². The number of amides is 1. The van der Waals surface area contributed by atoms with E-state index < -0.39 is 0 Å². The van der Waals surface area contributed by atoms with E-state index in [0.717, 1.165) is 11.3 Å². The average Bonchev–Trinajstić information content (AvgIpc) is 3.22. The van der Waals surface area contributed by atoms with Crippen LogP contribution in [0.2, 0.25) is 0 Å². The number of rotatable bonds is 7. The van der Waals surface area contributed by atoms with Crippen LogP contribution in [0.15, 0.2) is 84.0 Å². The molecule has 0 saturated carbocycles. The summed E-state index contributed by atoms with van der Waals surface area (Å²) in [7, 11) is 1.61. The van der Waals surface area contributed by atoms with E-state index in [1.165, 1.54) is 17.8 Å². The number of carbonyl (C=O) groups is 1. The van der Waals surface area contributed by atoms with Crippen molar-refractivity contribution in [1.82, 2.24) is 14.8 Å². The number of phenolic OH excluding ortho intramolecular Hbond substituents is 1. The summed E-state index contributed by atoms with van der Waals surface area (Å²) in [5.74, 6) is 1.32. The number of anilines is 1. The van der Waals surface area contributed by atoms with Crippen LogP contribution in [-0.4, -0.2) is 38.6 Å². The molecule has 0 saturated heterocycles. The van der Waals surface area contributed by atoms with Crippen molar-refractivity contribution in [3.05, 3.63) is 78.9 Å². The van der Waals surface area contributed by atoms with Crippen molar-refractivity contribution in [1.29, 1.82) is 0 Å². The van der Waals surface area contributed by atoms with Crippen LogP contribution in [0.4, 0.5) is 5.69 Å². The lowest BCUT2D eigenvalue weighted by Gasteiger charge is -2.14. The Morgan fingerprint density at radius 1 is 1.03 bits per heavy atom. The molecular formula is C23H20N4O3S. The Hall–Kier alpha value is -3.78. The number of nitrogens with zero attached hydrogens (tertiary/aromatic N) is 3. The number of nitrogens with one attached hydrogen (secondary N) is 1. The van der Waals surface area contributed by atoms with E-state index in [2.05, 4.69) is 15.5 Å². The van der Waals surface area contributed by atoms with Crippen molar-refractivity contribution < 1.29 is 14.6 Å². The second-order valence-electron chi connectivity index (χ2n) is 6.57. The SMILES string of the molecule is COc1ccccc1-n1c(SCC(=O)Nc2cccc(O)c2)nnc1-c1ccccc1. The summed E-state index contributed by atoms with van der Waals surface area (Å²) in [6.45, 7) is 0. The Morgan fingerprint density at radius 2 is 1.81 bits per heavy atom. The van der Waals surface area contributed by atoms with Crippen molar-refractivity contribution in [2.24, 2.45) is 0 Å². The minimum Gasteiger partial charge on any atom is -0.508 e. The first-order chi connectivity index (χ1) is 15.2. The Kier molecular flexibility index (Phi) is 6.18. The molecule has 0 radical (unpaired) electrons. The fraction of sp³-hybridized carbons (Fsp3) is 0.0870. The van der Waals surface area contributed by atoms with Crippen LogP contribution < -0.4 is 10.1 Å². The third-order valence-corrected chi connectivity index (χ3v) is 5.38. The quantitative estimate of drug-likeness (QED) is 0.421. The van der Waals surface area contributed by atoms with Gasteiger partial charge in [0.15, 0.2) is 11.0 Å². The molecule has 156 valence electrons. The maximum atomic E-state index is 12.4. The van der Waals surface area contributed by atoms with Gasteiger partial charge >= 0.3 is 0 Å². The molecule has 8 heteroatoms. The van der Waals surface area contributed by atoms with E-state index in [1.807, 2.05) is 59.2 Å². The summed E-state index contributed by atoms with van der Waals surface area (Å²) in [6, 6.07) is 23.7. The molecule has 4 aromatic rings. The minimum atomic E-state index is -0.216. The molecule has 3 aromatic carbocycles. The molecule has 0 atom stereocenters. The van der Waals surface area contributed by atoms with Gasteiger partial charge in [-0.1, -0.05) is 60.3 Å². The van der Waals surface area contributed by atoms with Crippen LogP contribution >= 0.6 is 11.8 Å². The molecule has 0 bridgehead atoms. The van der Waals surface area contributed by atoms with Crippen LogP contribution in [0.5, 0.6) is 11.5 Å². The highest BCUT2D eigenvalue weighted by molar-refractivity contribution is 7.99. The fourth-order valence-corrected chi connectivity index (χ4v) is 3.82. The Morgan fingerprint density at radius 3 is 2.58 bits per heavy atom. The molecule has 0 spiro atoms. The Labute approximate surface area is 183 Å². The van der Waals surface area contributed by atoms with Crippen molar-refractivity contribution in [3.8, 4) is 28.6 Å². The zero-order valence-electron chi connectivity index (χ0n) is 16.7. The molecule has 0 aliphatic heterocycles. The Balaban J connectivity index is 1.63. The molecule has 0 fully saturated rings. The molecule has 0 aliphatic rings. The highest BCUT2D eigenvalue weighted by atomic mass is 32.2. The number of methoxy groups -OCH3 is 1. The van der Waals surface area contributed by atoms with Crippen molar-refractivity contribution >= 4 is 23.4 Å². The molecule has 2 N–H and O–H groups in total. The first kappa shape index (κ1) is 20.5. The highest BCUT2D eigenvalue weighted by Crippen LogP contribution is 2.32. The third kappa shape index (κ3) is 4.70. The van der Waals surface area contributed by atoms with Crippen LogP contribution in [0, 0.1) is 0 Å². The van der Waals surface area contributed by atoms with Gasteiger partial charge in [-0.3, -0.25) is 9.36 Å². The van der Waals surface area contributed by atoms with Gasteiger partial charge in [0.1, 0.15) is 11.5 Å². The summed E-state index contributed by atoms with van der Waals surface area (Å²) in [5.41, 5.74) is 2.21. The van der Waals surface area contributed by atoms with E-state index in [0.29, 0.717) is 22.4 Å². The summed E-state index contributed by atoms with van der Waals surface area (Å²) in [4.78, 5) is 12.4. The van der Waals surface area contributed by atoms with E-state index in [-0.39, 0.29) is 17.4 Å². The van der Waals surface area contributed by atoms with Crippen LogP contribution in [0.25, 0.3) is 17.1 Å². The highest BCUT2D eigenvalue weighted by Gasteiger charge is 2.19. The maximum absolute atomic E-state index is 12.4. The van der Waals surface area contributed by atoms with E-state index in [9.17, 15) is 9.90 Å². The van der Waals surface area contributed by atoms with Gasteiger partial charge in [-0.05, 0) is 24.3 Å². The molecule has 31 heavy (non-hydrogen) atoms. The standard InChI is InChI=1S/C23H20N4O3S/c1-30-20-13-6-5-12-19(20)27-22(16-8-3-2-4-9-16)25-26-23(27)31-15-21(29)24-17-10-7-11-18(28)14-17/h2-14,28H,15H2,1H3,(H,24,29). The first-order valence-electron chi connectivity index (χ1n) is 9.51. The number of hydrogen-bond acceptors (Lipinski definition) is 6. The summed E-state index contributed by atoms with van der Waals surface area (Å²) in [5, 5.41) is 21.6. The van der Waals surface area contributed by atoms with E-state index >= 15 is 0 Å². The van der Waals surface area contributed by atoms with E-state index in [1.54, 1.807) is 25.3 Å². The molecule has 1 heterocycles. The topological polar surface area (TPSA) is 89.3 Å². The van der Waals surface area contributed by atoms with Crippen molar-refractivity contribution in [2.75, 3.05) is 18.2 Å². The zero-order chi connectivity index (χ0) is 21.6. The van der Waals surface area contributed by atoms with Gasteiger partial charge in [-0.2, -0.15) is 0 Å². The number of benzene rings is 3. The summed E-state index contributed by atoms with van der Waals surface area (Å²) < 4.78 is 7.43. The molecule has 1 amide bonds. The molecule has 0 aliphatic carbocycles. The molecule has 1 aromatic heterocycles. The first-order valence-corrected chi connectivity index (χ1v) is 10.5. The van der Waals surface area contributed by atoms with Gasteiger partial charge in [-0.15, -0.1) is 10.2 Å². The van der Waals surface area contributed by atoms with Gasteiger partial charge in [-0.25, -0.2) is 0 Å². The second-order valence-corrected chi connectivity index (χ2v) is 7.51. The van der Waals surface area contributed by atoms with Crippen LogP contribution in [-0.2, 0) is 4.79 Å². The number of thioether (sulfide) groups is 1. The zero-order valence-corrected chi connectivity index (χ0v) is 17.5. The van der Waals surface area contributed by atoms with Crippen LogP contribution in [0.1, 0.15) is 0 Å². The number of para-hydroxylation sites is 2. The molecular weight excluding hydrogens is 412 g/mol. The third-order valence-electron chi connectivity index (χ3n) is 4.45. The van der Waals surface area contributed by atoms with Gasteiger partial charge in [0, 0.05) is 17.3 Å². The summed E-state index contributed by atoms with van der Waals surface area (Å²) in [6.07, 6.45) is 0. The van der Waals surface area contributed by atoms with Crippen molar-refractivity contribution in [3.63, 3.8) is 0 Å². The summed E-state index contributed by atoms with van der Waals surface area (Å²) >= 11 is 1.27. The van der Waals surface area contributed by atoms with E-state index in [4.69, 9.17) is 4.74 Å². The molecule has 7 nitrogen and oxygen atoms in total. The monoisotopic (exact) mass is 432 g/mol. The van der Waals surface area contributed by atoms with Gasteiger partial charge in [0.05, 0.1) is 18.6 Å². The predicted molar refractivity (Wildman–Crippen MR) is 121 cm³/mol. The average molecular weight is 433 g/mol. The minimum absolute atomic E-state index is 0.0915. The number of aromatic hydroxyl groups is 1. The fourth-order valence-electron chi connectivity index (χ4n) is 3.08. The van der Waals surface area contributed by atoms with Crippen molar-refractivity contribution in [2.45, 2.75) is 5.16 Å². The number of aromatic nitrogens is 3. The lowest BCUT2D eigenvalue weighted by Crippen LogP contribution is -2.14. The van der Waals surface area contributed by atoms with Gasteiger partial charge in [0.25, 0.3) is 0 Å². The predicted octanol–water partition coefficient (Wildman–Crippen LogP) is 4.38. The largest absolute Gasteiger partial charge is 0.508 e. The Bertz CT molecular complexity index is 1190. The van der Waals surface area contributed by atoms with Gasteiger partial charge in [0.2, 0.25) is 5.91 Å².